The Kier molecular flexibility index (Phi) is 5.96. The number of carbonyl (C=O) groups excluding carboxylic acids is 1. The standard InChI is InChI=1S/C26H26ClN3O2/c27-23-10-8-21(9-11-23)16-29-18-24(22-7-4-12-28-15-22)26(19-29)25(31)30(13-14-32-26)17-20-5-2-1-3-6-20/h1-12,15,24H,13-14,16-19H2/t24-,26+/m0/s1. The summed E-state index contributed by atoms with van der Waals surface area (Å²) < 4.78 is 6.38. The van der Waals surface area contributed by atoms with E-state index in [4.69, 9.17) is 16.3 Å². The first kappa shape index (κ1) is 21.1. The summed E-state index contributed by atoms with van der Waals surface area (Å²) in [4.78, 5) is 22.5. The SMILES string of the molecule is O=C1N(Cc2ccccc2)CCO[C@@]12CN(Cc1ccc(Cl)cc1)C[C@H]2c1cccnc1. The molecule has 5 nitrogen and oxygen atoms in total. The van der Waals surface area contributed by atoms with Gasteiger partial charge in [-0.3, -0.25) is 14.7 Å². The first-order valence-electron chi connectivity index (χ1n) is 11.0. The van der Waals surface area contributed by atoms with Crippen LogP contribution in [0.1, 0.15) is 22.6 Å². The van der Waals surface area contributed by atoms with Crippen molar-refractivity contribution in [3.8, 4) is 0 Å². The van der Waals surface area contributed by atoms with Crippen LogP contribution >= 0.6 is 11.6 Å². The number of pyridine rings is 1. The van der Waals surface area contributed by atoms with E-state index in [2.05, 4.69) is 28.1 Å². The van der Waals surface area contributed by atoms with Gasteiger partial charge in [-0.2, -0.15) is 0 Å². The van der Waals surface area contributed by atoms with Crippen LogP contribution in [0.25, 0.3) is 0 Å². The van der Waals surface area contributed by atoms with Gasteiger partial charge in [0.1, 0.15) is 0 Å². The molecule has 0 N–H and O–H groups in total. The van der Waals surface area contributed by atoms with Crippen molar-refractivity contribution in [1.82, 2.24) is 14.8 Å². The van der Waals surface area contributed by atoms with E-state index in [9.17, 15) is 4.79 Å². The number of carbonyl (C=O) groups is 1. The van der Waals surface area contributed by atoms with Gasteiger partial charge in [-0.05, 0) is 34.9 Å². The van der Waals surface area contributed by atoms with Crippen molar-refractivity contribution in [2.45, 2.75) is 24.6 Å². The molecule has 3 heterocycles. The number of rotatable bonds is 5. The maximum atomic E-state index is 13.9. The minimum absolute atomic E-state index is 0.0695. The zero-order valence-electron chi connectivity index (χ0n) is 17.9. The number of aromatic nitrogens is 1. The molecule has 0 radical (unpaired) electrons. The molecule has 5 rings (SSSR count). The number of likely N-dealkylation sites (tertiary alicyclic amines) is 1. The first-order valence-corrected chi connectivity index (χ1v) is 11.4. The molecule has 1 spiro atoms. The fourth-order valence-electron chi connectivity index (χ4n) is 4.92. The van der Waals surface area contributed by atoms with Crippen molar-refractivity contribution in [3.63, 3.8) is 0 Å². The van der Waals surface area contributed by atoms with Crippen molar-refractivity contribution in [2.24, 2.45) is 0 Å². The molecule has 2 fully saturated rings. The molecule has 164 valence electrons. The number of benzene rings is 2. The Morgan fingerprint density at radius 1 is 1.00 bits per heavy atom. The Hall–Kier alpha value is -2.73. The minimum Gasteiger partial charge on any atom is -0.361 e. The Labute approximate surface area is 193 Å². The smallest absolute Gasteiger partial charge is 0.257 e. The van der Waals surface area contributed by atoms with Crippen LogP contribution in [0.5, 0.6) is 0 Å². The normalized spacial score (nSPS) is 23.7. The van der Waals surface area contributed by atoms with Gasteiger partial charge in [-0.15, -0.1) is 0 Å². The molecule has 2 aromatic carbocycles. The average Bonchev–Trinajstić information content (AvgIpc) is 3.18. The highest BCUT2D eigenvalue weighted by atomic mass is 35.5. The van der Waals surface area contributed by atoms with E-state index < -0.39 is 5.60 Å². The molecule has 6 heteroatoms. The van der Waals surface area contributed by atoms with Crippen LogP contribution in [0.15, 0.2) is 79.1 Å². The predicted octanol–water partition coefficient (Wildman–Crippen LogP) is 4.13. The van der Waals surface area contributed by atoms with Gasteiger partial charge in [0.15, 0.2) is 5.60 Å². The van der Waals surface area contributed by atoms with E-state index in [0.717, 1.165) is 29.2 Å². The minimum atomic E-state index is -0.900. The molecule has 2 atom stereocenters. The van der Waals surface area contributed by atoms with Crippen molar-refractivity contribution >= 4 is 17.5 Å². The lowest BCUT2D eigenvalue weighted by Crippen LogP contribution is -2.59. The van der Waals surface area contributed by atoms with Crippen molar-refractivity contribution in [2.75, 3.05) is 26.2 Å². The van der Waals surface area contributed by atoms with Gasteiger partial charge in [0, 0.05) is 56.1 Å². The van der Waals surface area contributed by atoms with Crippen LogP contribution in [0.3, 0.4) is 0 Å². The molecule has 1 amide bonds. The molecule has 3 aromatic rings. The highest BCUT2D eigenvalue weighted by Crippen LogP contribution is 2.42. The van der Waals surface area contributed by atoms with Gasteiger partial charge in [-0.1, -0.05) is 60.1 Å². The van der Waals surface area contributed by atoms with E-state index in [1.807, 2.05) is 59.6 Å². The van der Waals surface area contributed by atoms with Gasteiger partial charge in [0.2, 0.25) is 0 Å². The molecule has 2 saturated heterocycles. The van der Waals surface area contributed by atoms with Crippen LogP contribution in [-0.4, -0.2) is 52.5 Å². The summed E-state index contributed by atoms with van der Waals surface area (Å²) in [5.74, 6) is -0.00497. The number of ether oxygens (including phenoxy) is 1. The first-order chi connectivity index (χ1) is 15.6. The lowest BCUT2D eigenvalue weighted by atomic mass is 9.83. The number of hydrogen-bond donors (Lipinski definition) is 0. The average molecular weight is 448 g/mol. The van der Waals surface area contributed by atoms with Crippen LogP contribution in [0.4, 0.5) is 0 Å². The molecule has 0 bridgehead atoms. The molecule has 0 aliphatic carbocycles. The summed E-state index contributed by atoms with van der Waals surface area (Å²) in [5.41, 5.74) is 2.44. The molecule has 0 unspecified atom stereocenters. The topological polar surface area (TPSA) is 45.7 Å². The second kappa shape index (κ2) is 9.02. The quantitative estimate of drug-likeness (QED) is 0.590. The third kappa shape index (κ3) is 4.16. The number of amides is 1. The maximum Gasteiger partial charge on any atom is 0.257 e. The summed E-state index contributed by atoms with van der Waals surface area (Å²) in [6.45, 7) is 3.77. The van der Waals surface area contributed by atoms with E-state index in [1.165, 1.54) is 5.56 Å². The predicted molar refractivity (Wildman–Crippen MR) is 124 cm³/mol. The van der Waals surface area contributed by atoms with Crippen LogP contribution in [-0.2, 0) is 22.6 Å². The number of halogens is 1. The number of nitrogens with zero attached hydrogens (tertiary/aromatic N) is 3. The van der Waals surface area contributed by atoms with Crippen LogP contribution < -0.4 is 0 Å². The Bertz CT molecular complexity index is 1060. The lowest BCUT2D eigenvalue weighted by molar-refractivity contribution is -0.173. The fourth-order valence-corrected chi connectivity index (χ4v) is 5.05. The molecule has 1 aromatic heterocycles. The van der Waals surface area contributed by atoms with E-state index in [-0.39, 0.29) is 11.8 Å². The monoisotopic (exact) mass is 447 g/mol. The molecular formula is C26H26ClN3O2. The van der Waals surface area contributed by atoms with Gasteiger partial charge in [0.25, 0.3) is 5.91 Å². The zero-order chi connectivity index (χ0) is 22.0. The van der Waals surface area contributed by atoms with E-state index in [1.54, 1.807) is 6.20 Å². The summed E-state index contributed by atoms with van der Waals surface area (Å²) in [7, 11) is 0. The second-order valence-corrected chi connectivity index (χ2v) is 9.02. The molecule has 0 saturated carbocycles. The Morgan fingerprint density at radius 2 is 1.78 bits per heavy atom. The Balaban J connectivity index is 1.44. The number of hydrogen-bond acceptors (Lipinski definition) is 4. The third-order valence-corrected chi connectivity index (χ3v) is 6.71. The largest absolute Gasteiger partial charge is 0.361 e. The summed E-state index contributed by atoms with van der Waals surface area (Å²) >= 11 is 6.06. The maximum absolute atomic E-state index is 13.9. The molecule has 2 aliphatic rings. The van der Waals surface area contributed by atoms with Crippen molar-refractivity contribution in [3.05, 3.63) is 101 Å². The molecule has 32 heavy (non-hydrogen) atoms. The summed E-state index contributed by atoms with van der Waals surface area (Å²) in [6.07, 6.45) is 3.63. The highest BCUT2D eigenvalue weighted by Gasteiger charge is 2.56. The van der Waals surface area contributed by atoms with E-state index >= 15 is 0 Å². The molecular weight excluding hydrogens is 422 g/mol. The lowest BCUT2D eigenvalue weighted by Gasteiger charge is -2.42. The van der Waals surface area contributed by atoms with Gasteiger partial charge < -0.3 is 9.64 Å². The zero-order valence-corrected chi connectivity index (χ0v) is 18.6. The van der Waals surface area contributed by atoms with Crippen molar-refractivity contribution in [1.29, 1.82) is 0 Å². The highest BCUT2D eigenvalue weighted by molar-refractivity contribution is 6.30. The second-order valence-electron chi connectivity index (χ2n) is 8.59. The summed E-state index contributed by atoms with van der Waals surface area (Å²) in [6, 6.07) is 22.0. The van der Waals surface area contributed by atoms with E-state index in [0.29, 0.717) is 26.2 Å². The fraction of sp³-hybridized carbons (Fsp3) is 0.308. The Morgan fingerprint density at radius 3 is 2.53 bits per heavy atom. The summed E-state index contributed by atoms with van der Waals surface area (Å²) in [5, 5.41) is 0.724. The van der Waals surface area contributed by atoms with Crippen molar-refractivity contribution < 1.29 is 9.53 Å². The van der Waals surface area contributed by atoms with Crippen LogP contribution in [0.2, 0.25) is 5.02 Å². The van der Waals surface area contributed by atoms with Gasteiger partial charge >= 0.3 is 0 Å². The van der Waals surface area contributed by atoms with Crippen LogP contribution in [0, 0.1) is 0 Å². The van der Waals surface area contributed by atoms with Gasteiger partial charge in [-0.25, -0.2) is 0 Å². The molecule has 2 aliphatic heterocycles. The third-order valence-electron chi connectivity index (χ3n) is 6.45. The van der Waals surface area contributed by atoms with Gasteiger partial charge in [0.05, 0.1) is 6.61 Å². The number of morpholine rings is 1.